The van der Waals surface area contributed by atoms with E-state index in [1.54, 1.807) is 0 Å². The van der Waals surface area contributed by atoms with Crippen molar-refractivity contribution >= 4 is 5.97 Å². The quantitative estimate of drug-likeness (QED) is 0.0395. The zero-order valence-corrected chi connectivity index (χ0v) is 33.0. The van der Waals surface area contributed by atoms with Gasteiger partial charge in [-0.3, -0.25) is 4.79 Å². The maximum absolute atomic E-state index is 12.2. The Hall–Kier alpha value is -1.39. The number of rotatable bonds is 40. The molecule has 1 unspecified atom stereocenters. The fraction of sp³-hybridized carbons (Fsp3) is 0.844. The van der Waals surface area contributed by atoms with Gasteiger partial charge in [-0.25, -0.2) is 0 Å². The van der Waals surface area contributed by atoms with Crippen LogP contribution in [0, 0.1) is 0 Å². The normalized spacial score (nSPS) is 12.6. The monoisotopic (exact) mass is 689 g/mol. The van der Waals surface area contributed by atoms with Crippen LogP contribution in [0.1, 0.15) is 219 Å². The molecular formula is C45H84O4. The molecule has 1 N–H and O–H groups in total. The van der Waals surface area contributed by atoms with Crippen LogP contribution in [0.3, 0.4) is 0 Å². The van der Waals surface area contributed by atoms with Crippen molar-refractivity contribution in [3.63, 3.8) is 0 Å². The smallest absolute Gasteiger partial charge is 0.306 e. The lowest BCUT2D eigenvalue weighted by atomic mass is 10.0. The minimum absolute atomic E-state index is 0.178. The van der Waals surface area contributed by atoms with Gasteiger partial charge in [0, 0.05) is 13.0 Å². The van der Waals surface area contributed by atoms with Gasteiger partial charge < -0.3 is 14.6 Å². The van der Waals surface area contributed by atoms with E-state index >= 15 is 0 Å². The van der Waals surface area contributed by atoms with Gasteiger partial charge in [0.1, 0.15) is 6.10 Å². The molecule has 0 fully saturated rings. The van der Waals surface area contributed by atoms with Crippen molar-refractivity contribution in [2.24, 2.45) is 0 Å². The van der Waals surface area contributed by atoms with Crippen LogP contribution in [0.4, 0.5) is 0 Å². The van der Waals surface area contributed by atoms with E-state index in [0.717, 1.165) is 51.4 Å². The summed E-state index contributed by atoms with van der Waals surface area (Å²) < 4.78 is 11.1. The van der Waals surface area contributed by atoms with E-state index in [1.165, 1.54) is 148 Å². The summed E-state index contributed by atoms with van der Waals surface area (Å²) in [4.78, 5) is 12.2. The molecule has 0 aromatic heterocycles. The van der Waals surface area contributed by atoms with E-state index < -0.39 is 6.10 Å². The van der Waals surface area contributed by atoms with Gasteiger partial charge in [-0.05, 0) is 44.9 Å². The van der Waals surface area contributed by atoms with Gasteiger partial charge in [-0.1, -0.05) is 204 Å². The Balaban J connectivity index is 3.39. The predicted molar refractivity (Wildman–Crippen MR) is 214 cm³/mol. The molecule has 0 aliphatic rings. The molecular weight excluding hydrogens is 604 g/mol. The van der Waals surface area contributed by atoms with Gasteiger partial charge >= 0.3 is 5.97 Å². The predicted octanol–water partition coefficient (Wildman–Crippen LogP) is 14.1. The SMILES string of the molecule is CC/C=C\C/C=C\C/C=C\CCCCCCOCC(CO)OC(=O)CCCCCCCCCCCCCCCCCCCCCCCCC. The number of carbonyl (C=O) groups is 1. The zero-order chi connectivity index (χ0) is 35.6. The third kappa shape index (κ3) is 40.9. The van der Waals surface area contributed by atoms with Gasteiger partial charge in [-0.2, -0.15) is 0 Å². The highest BCUT2D eigenvalue weighted by Crippen LogP contribution is 2.16. The number of hydrogen-bond donors (Lipinski definition) is 1. The van der Waals surface area contributed by atoms with E-state index in [1.807, 2.05) is 0 Å². The Morgan fingerprint density at radius 2 is 0.918 bits per heavy atom. The first-order chi connectivity index (χ1) is 24.2. The fourth-order valence-electron chi connectivity index (χ4n) is 6.28. The van der Waals surface area contributed by atoms with E-state index in [2.05, 4.69) is 50.3 Å². The maximum atomic E-state index is 12.2. The van der Waals surface area contributed by atoms with Gasteiger partial charge in [0.15, 0.2) is 0 Å². The van der Waals surface area contributed by atoms with Crippen molar-refractivity contribution in [2.75, 3.05) is 19.8 Å². The van der Waals surface area contributed by atoms with Crippen LogP contribution in [0.5, 0.6) is 0 Å². The number of aliphatic hydroxyl groups excluding tert-OH is 1. The maximum Gasteiger partial charge on any atom is 0.306 e. The van der Waals surface area contributed by atoms with Crippen LogP contribution in [-0.2, 0) is 14.3 Å². The Kier molecular flexibility index (Phi) is 41.6. The number of aliphatic hydroxyl groups is 1. The molecule has 0 aromatic rings. The molecule has 0 aliphatic carbocycles. The average Bonchev–Trinajstić information content (AvgIpc) is 3.11. The third-order valence-corrected chi connectivity index (χ3v) is 9.48. The average molecular weight is 689 g/mol. The second kappa shape index (κ2) is 42.8. The molecule has 49 heavy (non-hydrogen) atoms. The van der Waals surface area contributed by atoms with E-state index in [9.17, 15) is 9.90 Å². The fourth-order valence-corrected chi connectivity index (χ4v) is 6.28. The van der Waals surface area contributed by atoms with E-state index in [-0.39, 0.29) is 19.2 Å². The number of allylic oxidation sites excluding steroid dienone is 6. The highest BCUT2D eigenvalue weighted by Gasteiger charge is 2.13. The van der Waals surface area contributed by atoms with Gasteiger partial charge in [0.25, 0.3) is 0 Å². The summed E-state index contributed by atoms with van der Waals surface area (Å²) >= 11 is 0. The van der Waals surface area contributed by atoms with Crippen LogP contribution in [0.25, 0.3) is 0 Å². The first-order valence-electron chi connectivity index (χ1n) is 21.6. The topological polar surface area (TPSA) is 55.8 Å². The van der Waals surface area contributed by atoms with Crippen molar-refractivity contribution < 1.29 is 19.4 Å². The molecule has 0 spiro atoms. The molecule has 0 radical (unpaired) electrons. The van der Waals surface area contributed by atoms with Crippen molar-refractivity contribution in [1.29, 1.82) is 0 Å². The molecule has 0 bridgehead atoms. The molecule has 0 heterocycles. The summed E-state index contributed by atoms with van der Waals surface area (Å²) in [6.07, 6.45) is 53.6. The third-order valence-electron chi connectivity index (χ3n) is 9.48. The lowest BCUT2D eigenvalue weighted by Crippen LogP contribution is -2.27. The van der Waals surface area contributed by atoms with E-state index in [0.29, 0.717) is 13.0 Å². The van der Waals surface area contributed by atoms with Crippen molar-refractivity contribution in [3.8, 4) is 0 Å². The standard InChI is InChI=1S/C45H84O4/c1-3-5-7-9-11-13-15-17-19-20-21-22-23-24-25-26-27-28-30-32-34-36-38-40-45(47)49-44(42-46)43-48-41-39-37-35-33-31-29-18-16-14-12-10-8-6-4-2/h6,8,12,14,18,29,44,46H,3-5,7,9-11,13,15-17,19-28,30-43H2,1-2H3/b8-6-,14-12-,29-18-. The van der Waals surface area contributed by atoms with Gasteiger partial charge in [0.2, 0.25) is 0 Å². The molecule has 1 atom stereocenters. The molecule has 0 saturated carbocycles. The molecule has 0 aliphatic heterocycles. The van der Waals surface area contributed by atoms with Gasteiger partial charge in [-0.15, -0.1) is 0 Å². The molecule has 0 aromatic carbocycles. The first-order valence-corrected chi connectivity index (χ1v) is 21.6. The zero-order valence-electron chi connectivity index (χ0n) is 33.0. The minimum Gasteiger partial charge on any atom is -0.457 e. The number of hydrogen-bond acceptors (Lipinski definition) is 4. The molecule has 288 valence electrons. The molecule has 0 rings (SSSR count). The van der Waals surface area contributed by atoms with Crippen LogP contribution in [-0.4, -0.2) is 37.0 Å². The second-order valence-corrected chi connectivity index (χ2v) is 14.4. The largest absolute Gasteiger partial charge is 0.457 e. The lowest BCUT2D eigenvalue weighted by molar-refractivity contribution is -0.154. The van der Waals surface area contributed by atoms with E-state index in [4.69, 9.17) is 9.47 Å². The highest BCUT2D eigenvalue weighted by molar-refractivity contribution is 5.69. The van der Waals surface area contributed by atoms with Crippen LogP contribution < -0.4 is 0 Å². The van der Waals surface area contributed by atoms with Crippen molar-refractivity contribution in [3.05, 3.63) is 36.5 Å². The number of unbranched alkanes of at least 4 members (excludes halogenated alkanes) is 26. The highest BCUT2D eigenvalue weighted by atomic mass is 16.6. The number of esters is 1. The minimum atomic E-state index is -0.543. The summed E-state index contributed by atoms with van der Waals surface area (Å²) in [6.45, 7) is 5.21. The lowest BCUT2D eigenvalue weighted by Gasteiger charge is -2.15. The van der Waals surface area contributed by atoms with Crippen LogP contribution >= 0.6 is 0 Å². The Morgan fingerprint density at radius 1 is 0.510 bits per heavy atom. The van der Waals surface area contributed by atoms with Crippen LogP contribution in [0.15, 0.2) is 36.5 Å². The van der Waals surface area contributed by atoms with Gasteiger partial charge in [0.05, 0.1) is 13.2 Å². The Bertz CT molecular complexity index is 728. The van der Waals surface area contributed by atoms with Crippen molar-refractivity contribution in [1.82, 2.24) is 0 Å². The summed E-state index contributed by atoms with van der Waals surface area (Å²) in [5.41, 5.74) is 0. The molecule has 4 heteroatoms. The molecule has 4 nitrogen and oxygen atoms in total. The summed E-state index contributed by atoms with van der Waals surface area (Å²) in [5.74, 6) is -0.206. The second-order valence-electron chi connectivity index (χ2n) is 14.4. The van der Waals surface area contributed by atoms with Crippen molar-refractivity contribution in [2.45, 2.75) is 225 Å². The number of ether oxygens (including phenoxy) is 2. The molecule has 0 saturated heterocycles. The summed E-state index contributed by atoms with van der Waals surface area (Å²) in [7, 11) is 0. The summed E-state index contributed by atoms with van der Waals surface area (Å²) in [5, 5.41) is 9.59. The Labute approximate surface area is 306 Å². The number of carbonyl (C=O) groups excluding carboxylic acids is 1. The summed E-state index contributed by atoms with van der Waals surface area (Å²) in [6, 6.07) is 0. The van der Waals surface area contributed by atoms with Crippen LogP contribution in [0.2, 0.25) is 0 Å². The molecule has 0 amide bonds. The Morgan fingerprint density at radius 3 is 1.39 bits per heavy atom. The first kappa shape index (κ1) is 47.6.